The first-order chi connectivity index (χ1) is 27.3. The molecule has 2 unspecified atom stereocenters. The number of aromatic nitrogens is 3. The number of pyridine rings is 1. The highest BCUT2D eigenvalue weighted by atomic mass is 79.9. The van der Waals surface area contributed by atoms with Crippen LogP contribution in [0.2, 0.25) is 0 Å². The molecule has 58 heavy (non-hydrogen) atoms. The summed E-state index contributed by atoms with van der Waals surface area (Å²) in [5.74, 6) is -1.39. The summed E-state index contributed by atoms with van der Waals surface area (Å²) in [5.41, 5.74) is 2.55. The zero-order valence-electron chi connectivity index (χ0n) is 32.2. The van der Waals surface area contributed by atoms with Gasteiger partial charge in [-0.3, -0.25) is 24.6 Å². The fourth-order valence-corrected chi connectivity index (χ4v) is 8.66. The maximum Gasteiger partial charge on any atom is 0.408 e. The highest BCUT2D eigenvalue weighted by Gasteiger charge is 2.55. The number of halogens is 1. The SMILES string of the molecule is Cc1nnc(NC(=O)C[n+]2cccc(CN3CCC(=CC4=C(C(=O)OC(c5ccccc5)c5ccccc5)N5C(=O)C(NC(=O)OC(C)(C)C)C5SC4)C3=O)c2)s1.[Br-]. The van der Waals surface area contributed by atoms with E-state index in [0.29, 0.717) is 35.8 Å². The molecule has 2 aromatic heterocycles. The van der Waals surface area contributed by atoms with Crippen molar-refractivity contribution in [1.29, 1.82) is 0 Å². The van der Waals surface area contributed by atoms with Crippen molar-refractivity contribution in [2.24, 2.45) is 0 Å². The van der Waals surface area contributed by atoms with E-state index >= 15 is 0 Å². The van der Waals surface area contributed by atoms with E-state index in [-0.39, 0.29) is 46.8 Å². The predicted molar refractivity (Wildman–Crippen MR) is 212 cm³/mol. The highest BCUT2D eigenvalue weighted by molar-refractivity contribution is 8.00. The number of amides is 4. The largest absolute Gasteiger partial charge is 1.00 e. The lowest BCUT2D eigenvalue weighted by molar-refractivity contribution is -0.684. The van der Waals surface area contributed by atoms with E-state index in [9.17, 15) is 24.0 Å². The van der Waals surface area contributed by atoms with Crippen molar-refractivity contribution in [3.05, 3.63) is 130 Å². The lowest BCUT2D eigenvalue weighted by Crippen LogP contribution is -3.00. The second-order valence-electron chi connectivity index (χ2n) is 14.7. The van der Waals surface area contributed by atoms with Crippen LogP contribution in [-0.2, 0) is 41.7 Å². The lowest BCUT2D eigenvalue weighted by Gasteiger charge is -2.49. The third kappa shape index (κ3) is 9.82. The first-order valence-corrected chi connectivity index (χ1v) is 20.3. The van der Waals surface area contributed by atoms with Crippen molar-refractivity contribution in [2.45, 2.75) is 70.3 Å². The molecule has 2 saturated heterocycles. The van der Waals surface area contributed by atoms with Crippen LogP contribution in [-0.4, -0.2) is 79.1 Å². The number of hydrogen-bond donors (Lipinski definition) is 2. The molecule has 0 saturated carbocycles. The first kappa shape index (κ1) is 42.2. The fraction of sp³-hybridized carbons (Fsp3) is 0.317. The van der Waals surface area contributed by atoms with E-state index in [2.05, 4.69) is 20.8 Å². The van der Waals surface area contributed by atoms with Crippen LogP contribution in [0.25, 0.3) is 0 Å². The van der Waals surface area contributed by atoms with Crippen LogP contribution < -0.4 is 32.2 Å². The van der Waals surface area contributed by atoms with Crippen LogP contribution in [0, 0.1) is 6.92 Å². The number of carbonyl (C=O) groups is 5. The Kier molecular flexibility index (Phi) is 13.1. The monoisotopic (exact) mass is 887 g/mol. The number of hydrogen-bond acceptors (Lipinski definition) is 11. The minimum Gasteiger partial charge on any atom is -1.00 e. The molecule has 3 aliphatic heterocycles. The number of nitrogens with zero attached hydrogens (tertiary/aromatic N) is 5. The standard InChI is InChI=1S/C41H41N7O7S2.BrH/c1-25-44-45-39(57-25)42-31(49)23-46-18-11-12-26(21-46)22-47-19-17-29(35(47)50)20-30-24-56-37-32(43-40(53)55-41(2,3)4)36(51)48(37)33(30)38(52)54-34(27-13-7-5-8-14-27)28-15-9-6-10-16-28;/h5-16,18,20-21,32,34,37H,17,19,22-24H2,1-4H3,(H-,42,43,45,49,53);1H. The van der Waals surface area contributed by atoms with Gasteiger partial charge in [0, 0.05) is 29.5 Å². The zero-order chi connectivity index (χ0) is 40.3. The Hall–Kier alpha value is -5.39. The summed E-state index contributed by atoms with van der Waals surface area (Å²) in [6, 6.07) is 21.5. The van der Waals surface area contributed by atoms with Gasteiger partial charge in [0.15, 0.2) is 18.5 Å². The predicted octanol–water partition coefficient (Wildman–Crippen LogP) is 1.83. The summed E-state index contributed by atoms with van der Waals surface area (Å²) in [7, 11) is 0. The zero-order valence-corrected chi connectivity index (χ0v) is 35.4. The van der Waals surface area contributed by atoms with E-state index in [4.69, 9.17) is 9.47 Å². The van der Waals surface area contributed by atoms with Crippen LogP contribution in [0.1, 0.15) is 55.0 Å². The number of anilines is 1. The Morgan fingerprint density at radius 2 is 1.69 bits per heavy atom. The van der Waals surface area contributed by atoms with Gasteiger partial charge >= 0.3 is 12.1 Å². The quantitative estimate of drug-likeness (QED) is 0.0984. The van der Waals surface area contributed by atoms with Crippen molar-refractivity contribution in [2.75, 3.05) is 17.6 Å². The Labute approximate surface area is 354 Å². The molecule has 7 rings (SSSR count). The van der Waals surface area contributed by atoms with E-state index in [1.54, 1.807) is 42.5 Å². The maximum absolute atomic E-state index is 14.4. The summed E-state index contributed by atoms with van der Waals surface area (Å²) in [6.07, 6.45) is 4.21. The number of alkyl carbamates (subject to hydrolysis) is 1. The number of esters is 1. The van der Waals surface area contributed by atoms with Gasteiger partial charge in [0.05, 0.1) is 6.54 Å². The number of nitrogens with one attached hydrogen (secondary N) is 2. The van der Waals surface area contributed by atoms with Crippen LogP contribution >= 0.6 is 23.1 Å². The second kappa shape index (κ2) is 18.0. The van der Waals surface area contributed by atoms with E-state index in [1.165, 1.54) is 28.0 Å². The molecule has 2 fully saturated rings. The molecule has 0 spiro atoms. The smallest absolute Gasteiger partial charge is 0.408 e. The van der Waals surface area contributed by atoms with Crippen molar-refractivity contribution in [3.63, 3.8) is 0 Å². The molecule has 302 valence electrons. The summed E-state index contributed by atoms with van der Waals surface area (Å²) in [5, 5.41) is 13.9. The van der Waals surface area contributed by atoms with Crippen molar-refractivity contribution in [3.8, 4) is 0 Å². The maximum atomic E-state index is 14.4. The van der Waals surface area contributed by atoms with Gasteiger partial charge in [-0.05, 0) is 63.0 Å². The first-order valence-electron chi connectivity index (χ1n) is 18.4. The van der Waals surface area contributed by atoms with Crippen LogP contribution in [0.15, 0.2) is 108 Å². The summed E-state index contributed by atoms with van der Waals surface area (Å²) in [4.78, 5) is 70.5. The lowest BCUT2D eigenvalue weighted by atomic mass is 10.00. The average Bonchev–Trinajstić information content (AvgIpc) is 3.75. The molecule has 2 N–H and O–H groups in total. The van der Waals surface area contributed by atoms with Gasteiger partial charge < -0.3 is 36.7 Å². The molecule has 3 aliphatic rings. The van der Waals surface area contributed by atoms with Gasteiger partial charge in [0.25, 0.3) is 11.8 Å². The fourth-order valence-electron chi connectivity index (χ4n) is 6.75. The van der Waals surface area contributed by atoms with Crippen molar-refractivity contribution >= 4 is 58.0 Å². The summed E-state index contributed by atoms with van der Waals surface area (Å²) in [6.45, 7) is 7.80. The molecule has 0 radical (unpaired) electrons. The number of rotatable bonds is 11. The van der Waals surface area contributed by atoms with Crippen molar-refractivity contribution < 1.29 is 55.0 Å². The number of ether oxygens (including phenoxy) is 2. The van der Waals surface area contributed by atoms with Gasteiger partial charge in [0.2, 0.25) is 17.6 Å². The number of thioether (sulfide) groups is 1. The highest BCUT2D eigenvalue weighted by Crippen LogP contribution is 2.43. The summed E-state index contributed by atoms with van der Waals surface area (Å²) < 4.78 is 13.4. The third-order valence-electron chi connectivity index (χ3n) is 9.25. The Morgan fingerprint density at radius 1 is 1.00 bits per heavy atom. The van der Waals surface area contributed by atoms with Gasteiger partial charge in [-0.25, -0.2) is 9.59 Å². The molecule has 14 nitrogen and oxygen atoms in total. The summed E-state index contributed by atoms with van der Waals surface area (Å²) >= 11 is 2.67. The van der Waals surface area contributed by atoms with Gasteiger partial charge in [-0.2, -0.15) is 4.57 Å². The molecule has 17 heteroatoms. The normalized spacial score (nSPS) is 18.4. The molecular weight excluding hydrogens is 847 g/mol. The molecule has 2 aromatic carbocycles. The van der Waals surface area contributed by atoms with E-state index < -0.39 is 41.1 Å². The Bertz CT molecular complexity index is 2220. The number of benzene rings is 2. The number of fused-ring (bicyclic) bond motifs is 1. The molecule has 0 aliphatic carbocycles. The average molecular weight is 889 g/mol. The number of aryl methyl sites for hydroxylation is 1. The number of allylic oxidation sites excluding steroid dienone is 1. The van der Waals surface area contributed by atoms with Crippen molar-refractivity contribution in [1.82, 2.24) is 25.3 Å². The number of carbonyl (C=O) groups excluding carboxylic acids is 5. The molecule has 5 heterocycles. The van der Waals surface area contributed by atoms with Crippen LogP contribution in [0.4, 0.5) is 9.93 Å². The number of likely N-dealkylation sites (tertiary alicyclic amines) is 1. The molecular formula is C41H42BrN7O7S2. The number of β-lactam (4-membered cyclic amide) rings is 1. The second-order valence-corrected chi connectivity index (χ2v) is 17.0. The van der Waals surface area contributed by atoms with Crippen LogP contribution in [0.5, 0.6) is 0 Å². The molecule has 4 aromatic rings. The minimum atomic E-state index is -0.919. The molecule has 0 bridgehead atoms. The molecule has 2 atom stereocenters. The van der Waals surface area contributed by atoms with Gasteiger partial charge in [0.1, 0.15) is 27.7 Å². The third-order valence-corrected chi connectivity index (χ3v) is 11.3. The topological polar surface area (TPSA) is 164 Å². The van der Waals surface area contributed by atoms with E-state index in [1.807, 2.05) is 85.9 Å². The van der Waals surface area contributed by atoms with Crippen LogP contribution in [0.3, 0.4) is 0 Å². The Balaban J connectivity index is 0.00000567. The van der Waals surface area contributed by atoms with E-state index in [0.717, 1.165) is 21.7 Å². The Morgan fingerprint density at radius 3 is 2.33 bits per heavy atom. The minimum absolute atomic E-state index is 0. The van der Waals surface area contributed by atoms with Gasteiger partial charge in [-0.1, -0.05) is 72.0 Å². The van der Waals surface area contributed by atoms with Gasteiger partial charge in [-0.15, -0.1) is 22.0 Å². The molecule has 4 amide bonds.